The average Bonchev–Trinajstić information content (AvgIpc) is 3.65. The molecular weight excluding hydrogens is 504 g/mol. The smallest absolute Gasteiger partial charge is 0.225 e. The first kappa shape index (κ1) is 25.8. The van der Waals surface area contributed by atoms with Crippen LogP contribution in [0.4, 0.5) is 14.5 Å². The second-order valence-electron chi connectivity index (χ2n) is 10.7. The Morgan fingerprint density at radius 2 is 1.77 bits per heavy atom. The molecule has 3 aliphatic heterocycles. The minimum Gasteiger partial charge on any atom is -0.486 e. The van der Waals surface area contributed by atoms with E-state index in [0.717, 1.165) is 48.9 Å². The highest BCUT2D eigenvalue weighted by molar-refractivity contribution is 5.86. The average molecular weight is 538 g/mol. The van der Waals surface area contributed by atoms with E-state index in [2.05, 4.69) is 15.1 Å². The molecule has 1 amide bonds. The predicted molar refractivity (Wildman–Crippen MR) is 144 cm³/mol. The third kappa shape index (κ3) is 5.51. The Kier molecular flexibility index (Phi) is 7.27. The molecule has 0 radical (unpaired) electrons. The molecule has 3 unspecified atom stereocenters. The summed E-state index contributed by atoms with van der Waals surface area (Å²) in [6, 6.07) is 12.9. The molecule has 39 heavy (non-hydrogen) atoms. The normalized spacial score (nSPS) is 20.8. The van der Waals surface area contributed by atoms with Crippen LogP contribution in [0.1, 0.15) is 30.9 Å². The first-order valence-electron chi connectivity index (χ1n) is 13.7. The Hall–Kier alpha value is -3.43. The topological polar surface area (TPSA) is 74.3 Å². The first-order chi connectivity index (χ1) is 18.9. The van der Waals surface area contributed by atoms with Gasteiger partial charge < -0.3 is 29.7 Å². The molecule has 0 aliphatic carbocycles. The molecule has 3 aromatic carbocycles. The van der Waals surface area contributed by atoms with Crippen molar-refractivity contribution in [2.75, 3.05) is 50.8 Å². The number of aliphatic hydroxyl groups is 1. The number of nitrogens with one attached hydrogen (secondary N) is 1. The van der Waals surface area contributed by atoms with E-state index in [0.29, 0.717) is 31.7 Å². The summed E-state index contributed by atoms with van der Waals surface area (Å²) in [5.41, 5.74) is 1.34. The van der Waals surface area contributed by atoms with Crippen LogP contribution in [0.5, 0.6) is 11.5 Å². The van der Waals surface area contributed by atoms with E-state index in [9.17, 15) is 18.7 Å². The van der Waals surface area contributed by atoms with Gasteiger partial charge in [-0.2, -0.15) is 0 Å². The number of carbonyl (C=O) groups is 1. The Morgan fingerprint density at radius 3 is 2.62 bits per heavy atom. The number of benzene rings is 3. The van der Waals surface area contributed by atoms with Crippen molar-refractivity contribution in [2.24, 2.45) is 5.92 Å². The van der Waals surface area contributed by atoms with Crippen LogP contribution in [-0.4, -0.2) is 67.9 Å². The van der Waals surface area contributed by atoms with Crippen LogP contribution in [0.15, 0.2) is 48.5 Å². The minimum atomic E-state index is -1.11. The maximum absolute atomic E-state index is 14.8. The summed E-state index contributed by atoms with van der Waals surface area (Å²) >= 11 is 0. The van der Waals surface area contributed by atoms with Gasteiger partial charge in [0.25, 0.3) is 0 Å². The van der Waals surface area contributed by atoms with Crippen LogP contribution < -0.4 is 19.7 Å². The fraction of sp³-hybridized carbons (Fsp3) is 0.433. The molecule has 3 aliphatic rings. The summed E-state index contributed by atoms with van der Waals surface area (Å²) < 4.78 is 39.3. The van der Waals surface area contributed by atoms with Crippen molar-refractivity contribution in [1.29, 1.82) is 0 Å². The lowest BCUT2D eigenvalue weighted by Gasteiger charge is -2.30. The van der Waals surface area contributed by atoms with E-state index in [1.54, 1.807) is 12.1 Å². The van der Waals surface area contributed by atoms with Gasteiger partial charge in [0, 0.05) is 25.3 Å². The van der Waals surface area contributed by atoms with E-state index < -0.39 is 18.0 Å². The predicted octanol–water partition coefficient (Wildman–Crippen LogP) is 4.03. The molecule has 7 nitrogen and oxygen atoms in total. The molecule has 0 aromatic heterocycles. The molecule has 2 N–H and O–H groups in total. The van der Waals surface area contributed by atoms with E-state index in [-0.39, 0.29) is 35.7 Å². The Bertz CT molecular complexity index is 1360. The van der Waals surface area contributed by atoms with Gasteiger partial charge >= 0.3 is 0 Å². The van der Waals surface area contributed by atoms with Gasteiger partial charge in [-0.1, -0.05) is 12.1 Å². The lowest BCUT2D eigenvalue weighted by Crippen LogP contribution is -2.48. The van der Waals surface area contributed by atoms with Crippen LogP contribution in [0, 0.1) is 17.6 Å². The van der Waals surface area contributed by atoms with E-state index in [4.69, 9.17) is 9.47 Å². The summed E-state index contributed by atoms with van der Waals surface area (Å²) in [6.45, 7) is 4.12. The molecule has 0 saturated carbocycles. The number of hydrogen-bond donors (Lipinski definition) is 2. The summed E-state index contributed by atoms with van der Waals surface area (Å²) in [7, 11) is 0. The molecular formula is C30H33F2N3O4. The van der Waals surface area contributed by atoms with E-state index >= 15 is 0 Å². The van der Waals surface area contributed by atoms with Crippen molar-refractivity contribution in [3.63, 3.8) is 0 Å². The minimum absolute atomic E-state index is 0.0576. The van der Waals surface area contributed by atoms with E-state index in [1.165, 1.54) is 18.2 Å². The van der Waals surface area contributed by atoms with Gasteiger partial charge in [-0.25, -0.2) is 8.78 Å². The van der Waals surface area contributed by atoms with Crippen LogP contribution in [0.2, 0.25) is 0 Å². The number of likely N-dealkylation sites (tertiary alicyclic amines) is 1. The molecule has 6 rings (SSSR count). The van der Waals surface area contributed by atoms with Gasteiger partial charge in [0.15, 0.2) is 17.3 Å². The maximum Gasteiger partial charge on any atom is 0.225 e. The number of ether oxygens (including phenoxy) is 2. The molecule has 206 valence electrons. The standard InChI is InChI=1S/C30H33F2N3O4/c31-23-5-3-20-14-24(6-4-19(20)13-23)35-10-7-21(17-35)30(37)33-26(18-34-8-1-2-9-34)28(36)22-15-25(32)29-27(16-22)38-11-12-39-29/h3-6,13-16,21,26,28,36H,1-2,7-12,17-18H2,(H,33,37). The molecule has 3 aromatic rings. The maximum atomic E-state index is 14.8. The van der Waals surface area contributed by atoms with Crippen LogP contribution >= 0.6 is 0 Å². The number of nitrogens with zero attached hydrogens (tertiary/aromatic N) is 2. The lowest BCUT2D eigenvalue weighted by atomic mass is 9.99. The quantitative estimate of drug-likeness (QED) is 0.474. The number of carbonyl (C=O) groups excluding carboxylic acids is 1. The Morgan fingerprint density at radius 1 is 1.00 bits per heavy atom. The van der Waals surface area contributed by atoms with Gasteiger partial charge in [-0.15, -0.1) is 0 Å². The third-order valence-electron chi connectivity index (χ3n) is 8.03. The fourth-order valence-corrected chi connectivity index (χ4v) is 5.91. The SMILES string of the molecule is O=C(NC(CN1CCCC1)C(O)c1cc(F)c2c(c1)OCCO2)C1CCN(c2ccc3cc(F)ccc3c2)C1. The van der Waals surface area contributed by atoms with Crippen molar-refractivity contribution in [3.8, 4) is 11.5 Å². The monoisotopic (exact) mass is 537 g/mol. The number of fused-ring (bicyclic) bond motifs is 2. The summed E-state index contributed by atoms with van der Waals surface area (Å²) in [6.07, 6.45) is 1.72. The molecule has 2 saturated heterocycles. The third-order valence-corrected chi connectivity index (χ3v) is 8.03. The first-order valence-corrected chi connectivity index (χ1v) is 13.7. The number of halogens is 2. The number of anilines is 1. The van der Waals surface area contributed by atoms with Crippen molar-refractivity contribution < 1.29 is 28.2 Å². The highest BCUT2D eigenvalue weighted by Gasteiger charge is 2.34. The van der Waals surface area contributed by atoms with E-state index in [1.807, 2.05) is 18.2 Å². The molecule has 9 heteroatoms. The second-order valence-corrected chi connectivity index (χ2v) is 10.7. The fourth-order valence-electron chi connectivity index (χ4n) is 5.91. The van der Waals surface area contributed by atoms with Crippen molar-refractivity contribution in [1.82, 2.24) is 10.2 Å². The molecule has 0 spiro atoms. The Labute approximate surface area is 226 Å². The summed E-state index contributed by atoms with van der Waals surface area (Å²) in [5, 5.41) is 16.2. The van der Waals surface area contributed by atoms with Gasteiger partial charge in [0.2, 0.25) is 5.91 Å². The van der Waals surface area contributed by atoms with Gasteiger partial charge in [0.05, 0.1) is 12.0 Å². The largest absolute Gasteiger partial charge is 0.486 e. The lowest BCUT2D eigenvalue weighted by molar-refractivity contribution is -0.126. The molecule has 3 atom stereocenters. The van der Waals surface area contributed by atoms with Crippen LogP contribution in [-0.2, 0) is 4.79 Å². The summed E-state index contributed by atoms with van der Waals surface area (Å²) in [4.78, 5) is 17.8. The highest BCUT2D eigenvalue weighted by atomic mass is 19.1. The molecule has 2 fully saturated rings. The van der Waals surface area contributed by atoms with Gasteiger partial charge in [0.1, 0.15) is 25.1 Å². The van der Waals surface area contributed by atoms with Gasteiger partial charge in [-0.05, 0) is 85.1 Å². The number of hydrogen-bond acceptors (Lipinski definition) is 6. The zero-order chi connectivity index (χ0) is 26.9. The van der Waals surface area contributed by atoms with Gasteiger partial charge in [-0.3, -0.25) is 4.79 Å². The van der Waals surface area contributed by atoms with Crippen molar-refractivity contribution in [2.45, 2.75) is 31.4 Å². The number of aliphatic hydroxyl groups excluding tert-OH is 1. The molecule has 3 heterocycles. The van der Waals surface area contributed by atoms with Crippen LogP contribution in [0.25, 0.3) is 10.8 Å². The molecule has 0 bridgehead atoms. The highest BCUT2D eigenvalue weighted by Crippen LogP contribution is 2.37. The number of rotatable bonds is 7. The van der Waals surface area contributed by atoms with Crippen molar-refractivity contribution in [3.05, 3.63) is 65.7 Å². The zero-order valence-corrected chi connectivity index (χ0v) is 21.7. The number of amides is 1. The van der Waals surface area contributed by atoms with Crippen molar-refractivity contribution >= 4 is 22.4 Å². The van der Waals surface area contributed by atoms with Crippen LogP contribution in [0.3, 0.4) is 0 Å². The summed E-state index contributed by atoms with van der Waals surface area (Å²) in [5.74, 6) is -0.899. The Balaban J connectivity index is 1.17. The second kappa shape index (κ2) is 11.0. The zero-order valence-electron chi connectivity index (χ0n) is 21.7.